The molecule has 0 N–H and O–H groups in total. The summed E-state index contributed by atoms with van der Waals surface area (Å²) in [5, 5.41) is 19.9. The fraction of sp³-hybridized carbons (Fsp3) is 0.286. The third kappa shape index (κ3) is 1.86. The van der Waals surface area contributed by atoms with Gasteiger partial charge in [0, 0.05) is 17.1 Å². The molecule has 0 saturated heterocycles. The lowest BCUT2D eigenvalue weighted by atomic mass is 9.91. The molecule has 1 rings (SSSR count). The van der Waals surface area contributed by atoms with Crippen LogP contribution in [0.25, 0.3) is 0 Å². The molecule has 0 spiro atoms. The first-order valence-electron chi connectivity index (χ1n) is 3.77. The van der Waals surface area contributed by atoms with Crippen molar-refractivity contribution in [1.29, 1.82) is 0 Å². The standard InChI is InChI=1S/C7H5ClN2O5/c8-6(11)7(10(14)15)3-1-2-5(4-7)9(12)13/h1-3H,4H2. The van der Waals surface area contributed by atoms with Crippen LogP contribution in [-0.4, -0.2) is 20.6 Å². The number of hydrogen-bond acceptors (Lipinski definition) is 5. The van der Waals surface area contributed by atoms with E-state index in [4.69, 9.17) is 11.6 Å². The van der Waals surface area contributed by atoms with Crippen molar-refractivity contribution in [2.75, 3.05) is 0 Å². The van der Waals surface area contributed by atoms with Crippen LogP contribution in [0, 0.1) is 20.2 Å². The maximum Gasteiger partial charge on any atom is 0.322 e. The lowest BCUT2D eigenvalue weighted by Gasteiger charge is -2.17. The molecule has 1 aliphatic rings. The minimum Gasteiger partial charge on any atom is -0.273 e. The Balaban J connectivity index is 3.14. The van der Waals surface area contributed by atoms with E-state index in [9.17, 15) is 25.0 Å². The van der Waals surface area contributed by atoms with Gasteiger partial charge in [0.05, 0.1) is 4.92 Å². The molecule has 8 heteroatoms. The third-order valence-corrected chi connectivity index (χ3v) is 2.34. The SMILES string of the molecule is O=C(Cl)C1([N+](=O)[O-])C=CC=C([N+](=O)[O-])C1. The van der Waals surface area contributed by atoms with Gasteiger partial charge in [-0.15, -0.1) is 0 Å². The molecule has 0 aromatic rings. The van der Waals surface area contributed by atoms with E-state index in [0.717, 1.165) is 18.2 Å². The molecule has 0 aliphatic heterocycles. The van der Waals surface area contributed by atoms with Crippen molar-refractivity contribution in [2.45, 2.75) is 12.0 Å². The normalized spacial score (nSPS) is 24.5. The van der Waals surface area contributed by atoms with Crippen molar-refractivity contribution in [1.82, 2.24) is 0 Å². The molecule has 1 unspecified atom stereocenters. The number of allylic oxidation sites excluding steroid dienone is 2. The highest BCUT2D eigenvalue weighted by atomic mass is 35.5. The molecule has 80 valence electrons. The summed E-state index contributed by atoms with van der Waals surface area (Å²) < 4.78 is 0. The number of carbonyl (C=O) groups excluding carboxylic acids is 1. The number of nitrogens with zero attached hydrogens (tertiary/aromatic N) is 2. The van der Waals surface area contributed by atoms with Crippen LogP contribution < -0.4 is 0 Å². The van der Waals surface area contributed by atoms with Crippen LogP contribution in [0.2, 0.25) is 0 Å². The second-order valence-corrected chi connectivity index (χ2v) is 3.25. The highest BCUT2D eigenvalue weighted by molar-refractivity contribution is 6.65. The van der Waals surface area contributed by atoms with E-state index in [2.05, 4.69) is 0 Å². The average Bonchev–Trinajstić information content (AvgIpc) is 2.17. The minimum absolute atomic E-state index is 0.414. The van der Waals surface area contributed by atoms with Gasteiger partial charge >= 0.3 is 10.8 Å². The van der Waals surface area contributed by atoms with E-state index in [1.165, 1.54) is 0 Å². The zero-order chi connectivity index (χ0) is 11.6. The molecule has 0 bridgehead atoms. The minimum atomic E-state index is -2.21. The molecule has 7 nitrogen and oxygen atoms in total. The molecule has 0 amide bonds. The predicted octanol–water partition coefficient (Wildman–Crippen LogP) is 0.888. The second kappa shape index (κ2) is 3.77. The predicted molar refractivity (Wildman–Crippen MR) is 49.4 cm³/mol. The van der Waals surface area contributed by atoms with Gasteiger partial charge in [0.1, 0.15) is 6.42 Å². The lowest BCUT2D eigenvalue weighted by molar-refractivity contribution is -0.543. The van der Waals surface area contributed by atoms with Gasteiger partial charge in [0.15, 0.2) is 0 Å². The molecular weight excluding hydrogens is 228 g/mol. The number of halogens is 1. The molecule has 0 saturated carbocycles. The largest absolute Gasteiger partial charge is 0.322 e. The summed E-state index contributed by atoms with van der Waals surface area (Å²) in [4.78, 5) is 30.4. The van der Waals surface area contributed by atoms with Crippen molar-refractivity contribution in [2.24, 2.45) is 0 Å². The maximum atomic E-state index is 11.0. The summed E-state index contributed by atoms with van der Waals surface area (Å²) in [6, 6.07) is 0. The Morgan fingerprint density at radius 3 is 2.47 bits per heavy atom. The Morgan fingerprint density at radius 2 is 2.07 bits per heavy atom. The molecule has 0 aromatic heterocycles. The van der Waals surface area contributed by atoms with Crippen LogP contribution in [-0.2, 0) is 4.79 Å². The number of hydrogen-bond donors (Lipinski definition) is 0. The molecule has 0 radical (unpaired) electrons. The quantitative estimate of drug-likeness (QED) is 0.408. The Morgan fingerprint density at radius 1 is 1.47 bits per heavy atom. The van der Waals surface area contributed by atoms with Crippen molar-refractivity contribution in [3.8, 4) is 0 Å². The average molecular weight is 233 g/mol. The first kappa shape index (κ1) is 11.3. The maximum absolute atomic E-state index is 11.0. The fourth-order valence-electron chi connectivity index (χ4n) is 1.17. The van der Waals surface area contributed by atoms with Gasteiger partial charge in [-0.05, 0) is 11.6 Å². The molecule has 1 aliphatic carbocycles. The molecular formula is C7H5ClN2O5. The van der Waals surface area contributed by atoms with Gasteiger partial charge in [-0.25, -0.2) is 0 Å². The Bertz CT molecular complexity index is 386. The zero-order valence-corrected chi connectivity index (χ0v) is 8.01. The van der Waals surface area contributed by atoms with Crippen molar-refractivity contribution in [3.05, 3.63) is 44.2 Å². The molecule has 0 aromatic carbocycles. The summed E-state index contributed by atoms with van der Waals surface area (Å²) in [5.74, 6) is 0. The Kier molecular flexibility index (Phi) is 2.85. The van der Waals surface area contributed by atoms with Gasteiger partial charge in [-0.2, -0.15) is 0 Å². The molecule has 15 heavy (non-hydrogen) atoms. The van der Waals surface area contributed by atoms with Gasteiger partial charge < -0.3 is 0 Å². The summed E-state index contributed by atoms with van der Waals surface area (Å²) in [5.41, 5.74) is -2.62. The van der Waals surface area contributed by atoms with Gasteiger partial charge in [-0.3, -0.25) is 25.0 Å². The summed E-state index contributed by atoms with van der Waals surface area (Å²) in [6.45, 7) is 0. The van der Waals surface area contributed by atoms with E-state index < -0.39 is 32.7 Å². The van der Waals surface area contributed by atoms with E-state index in [1.54, 1.807) is 0 Å². The van der Waals surface area contributed by atoms with Gasteiger partial charge in [-0.1, -0.05) is 6.08 Å². The zero-order valence-electron chi connectivity index (χ0n) is 7.25. The van der Waals surface area contributed by atoms with E-state index in [0.29, 0.717) is 0 Å². The summed E-state index contributed by atoms with van der Waals surface area (Å²) >= 11 is 5.10. The van der Waals surface area contributed by atoms with Crippen LogP contribution in [0.5, 0.6) is 0 Å². The number of rotatable bonds is 3. The van der Waals surface area contributed by atoms with Crippen LogP contribution >= 0.6 is 11.6 Å². The topological polar surface area (TPSA) is 103 Å². The molecule has 1 atom stereocenters. The van der Waals surface area contributed by atoms with Crippen molar-refractivity contribution < 1.29 is 14.6 Å². The van der Waals surface area contributed by atoms with Crippen LogP contribution in [0.4, 0.5) is 0 Å². The van der Waals surface area contributed by atoms with Gasteiger partial charge in [0.25, 0.3) is 5.70 Å². The first-order chi connectivity index (χ1) is 6.90. The van der Waals surface area contributed by atoms with Crippen LogP contribution in [0.15, 0.2) is 23.9 Å². The van der Waals surface area contributed by atoms with E-state index in [1.807, 2.05) is 0 Å². The highest BCUT2D eigenvalue weighted by Crippen LogP contribution is 2.28. The smallest absolute Gasteiger partial charge is 0.273 e. The Hall–Kier alpha value is -1.76. The molecule has 0 fully saturated rings. The lowest BCUT2D eigenvalue weighted by Crippen LogP contribution is -2.44. The van der Waals surface area contributed by atoms with Crippen LogP contribution in [0.3, 0.4) is 0 Å². The molecule has 0 heterocycles. The van der Waals surface area contributed by atoms with E-state index >= 15 is 0 Å². The van der Waals surface area contributed by atoms with Crippen molar-refractivity contribution in [3.63, 3.8) is 0 Å². The summed E-state index contributed by atoms with van der Waals surface area (Å²) in [7, 11) is 0. The fourth-order valence-corrected chi connectivity index (χ4v) is 1.37. The first-order valence-corrected chi connectivity index (χ1v) is 4.15. The van der Waals surface area contributed by atoms with Crippen molar-refractivity contribution >= 4 is 16.8 Å². The van der Waals surface area contributed by atoms with Crippen LogP contribution in [0.1, 0.15) is 6.42 Å². The monoisotopic (exact) mass is 232 g/mol. The highest BCUT2D eigenvalue weighted by Gasteiger charge is 2.52. The Labute approximate surface area is 88.3 Å². The third-order valence-electron chi connectivity index (χ3n) is 2.01. The van der Waals surface area contributed by atoms with E-state index in [-0.39, 0.29) is 0 Å². The summed E-state index contributed by atoms with van der Waals surface area (Å²) in [6.07, 6.45) is 2.51. The second-order valence-electron chi connectivity index (χ2n) is 2.91. The number of carbonyl (C=O) groups is 1. The number of nitro groups is 2. The van der Waals surface area contributed by atoms with Gasteiger partial charge in [0.2, 0.25) is 0 Å².